The second-order valence-corrected chi connectivity index (χ2v) is 5.98. The average molecular weight is 281 g/mol. The topological polar surface area (TPSA) is 25.8 Å². The highest BCUT2D eigenvalue weighted by Gasteiger charge is 2.19. The molecule has 0 atom stereocenters. The van der Waals surface area contributed by atoms with E-state index in [0.29, 0.717) is 10.2 Å². The molecule has 0 radical (unpaired) electrons. The molecule has 18 heavy (non-hydrogen) atoms. The van der Waals surface area contributed by atoms with Gasteiger partial charge in [-0.25, -0.2) is 9.97 Å². The monoisotopic (exact) mass is 280 g/mol. The highest BCUT2D eigenvalue weighted by molar-refractivity contribution is 6.31. The summed E-state index contributed by atoms with van der Waals surface area (Å²) in [6.45, 7) is 6.17. The minimum atomic E-state index is -0.141. The molecule has 0 unspecified atom stereocenters. The Morgan fingerprint density at radius 2 is 1.72 bits per heavy atom. The molecule has 0 fully saturated rings. The zero-order valence-electron chi connectivity index (χ0n) is 10.5. The Labute approximate surface area is 117 Å². The highest BCUT2D eigenvalue weighted by atomic mass is 35.5. The van der Waals surface area contributed by atoms with Crippen molar-refractivity contribution in [2.75, 3.05) is 0 Å². The first-order valence-electron chi connectivity index (χ1n) is 5.67. The fraction of sp³-hybridized carbons (Fsp3) is 0.286. The van der Waals surface area contributed by atoms with Gasteiger partial charge in [-0.1, -0.05) is 56.1 Å². The van der Waals surface area contributed by atoms with Crippen LogP contribution in [0.3, 0.4) is 0 Å². The molecule has 0 amide bonds. The summed E-state index contributed by atoms with van der Waals surface area (Å²) in [6, 6.07) is 9.30. The number of benzene rings is 1. The molecule has 0 spiro atoms. The Hall–Kier alpha value is -1.12. The van der Waals surface area contributed by atoms with Gasteiger partial charge in [-0.3, -0.25) is 0 Å². The maximum Gasteiger partial charge on any atom is 0.136 e. The third-order valence-corrected chi connectivity index (χ3v) is 2.91. The number of rotatable bonds is 1. The normalized spacial score (nSPS) is 11.6. The molecule has 0 saturated heterocycles. The van der Waals surface area contributed by atoms with E-state index in [1.807, 2.05) is 24.3 Å². The van der Waals surface area contributed by atoms with E-state index in [9.17, 15) is 0 Å². The van der Waals surface area contributed by atoms with Crippen LogP contribution in [-0.4, -0.2) is 9.97 Å². The highest BCUT2D eigenvalue weighted by Crippen LogP contribution is 2.26. The van der Waals surface area contributed by atoms with Gasteiger partial charge < -0.3 is 0 Å². The van der Waals surface area contributed by atoms with Crippen molar-refractivity contribution in [1.82, 2.24) is 9.97 Å². The molecular formula is C14H14Cl2N2. The second kappa shape index (κ2) is 4.87. The Morgan fingerprint density at radius 3 is 2.33 bits per heavy atom. The summed E-state index contributed by atoms with van der Waals surface area (Å²) in [5, 5.41) is 1.13. The van der Waals surface area contributed by atoms with Gasteiger partial charge in [0.25, 0.3) is 0 Å². The van der Waals surface area contributed by atoms with E-state index in [-0.39, 0.29) is 5.41 Å². The van der Waals surface area contributed by atoms with E-state index in [0.717, 1.165) is 17.1 Å². The van der Waals surface area contributed by atoms with Crippen molar-refractivity contribution < 1.29 is 0 Å². The molecule has 1 heterocycles. The largest absolute Gasteiger partial charge is 0.232 e. The molecule has 0 aliphatic heterocycles. The van der Waals surface area contributed by atoms with Crippen LogP contribution in [0.25, 0.3) is 11.3 Å². The lowest BCUT2D eigenvalue weighted by atomic mass is 9.95. The molecule has 2 nitrogen and oxygen atoms in total. The van der Waals surface area contributed by atoms with Crippen molar-refractivity contribution in [3.05, 3.63) is 46.3 Å². The smallest absolute Gasteiger partial charge is 0.136 e. The Bertz CT molecular complexity index is 574. The lowest BCUT2D eigenvalue weighted by Crippen LogP contribution is -2.16. The Morgan fingerprint density at radius 1 is 1.00 bits per heavy atom. The number of halogens is 2. The molecule has 1 aromatic carbocycles. The van der Waals surface area contributed by atoms with Gasteiger partial charge >= 0.3 is 0 Å². The first kappa shape index (κ1) is 13.3. The molecule has 2 rings (SSSR count). The fourth-order valence-electron chi connectivity index (χ4n) is 1.55. The predicted molar refractivity (Wildman–Crippen MR) is 76.2 cm³/mol. The molecular weight excluding hydrogens is 267 g/mol. The van der Waals surface area contributed by atoms with Crippen LogP contribution in [0.4, 0.5) is 0 Å². The maximum atomic E-state index is 6.06. The van der Waals surface area contributed by atoms with Crippen LogP contribution >= 0.6 is 23.2 Å². The number of nitrogens with zero attached hydrogens (tertiary/aromatic N) is 2. The van der Waals surface area contributed by atoms with E-state index in [2.05, 4.69) is 30.7 Å². The SMILES string of the molecule is CC(C)(C)c1nc(Cl)cc(-c2cccc(Cl)c2)n1. The third-order valence-electron chi connectivity index (χ3n) is 2.49. The van der Waals surface area contributed by atoms with Gasteiger partial charge in [0.05, 0.1) is 5.69 Å². The average Bonchev–Trinajstić information content (AvgIpc) is 2.27. The van der Waals surface area contributed by atoms with Crippen LogP contribution in [0.5, 0.6) is 0 Å². The standard InChI is InChI=1S/C14H14Cl2N2/c1-14(2,3)13-17-11(8-12(16)18-13)9-5-4-6-10(15)7-9/h4-8H,1-3H3. The second-order valence-electron chi connectivity index (χ2n) is 5.16. The molecule has 0 saturated carbocycles. The molecule has 94 valence electrons. The zero-order chi connectivity index (χ0) is 13.3. The number of hydrogen-bond donors (Lipinski definition) is 0. The van der Waals surface area contributed by atoms with E-state index in [1.54, 1.807) is 6.07 Å². The van der Waals surface area contributed by atoms with Crippen LogP contribution in [0.2, 0.25) is 10.2 Å². The van der Waals surface area contributed by atoms with Crippen LogP contribution < -0.4 is 0 Å². The molecule has 0 aliphatic carbocycles. The van der Waals surface area contributed by atoms with Crippen molar-refractivity contribution in [3.8, 4) is 11.3 Å². The first-order valence-corrected chi connectivity index (χ1v) is 6.43. The van der Waals surface area contributed by atoms with Gasteiger partial charge in [0.2, 0.25) is 0 Å². The van der Waals surface area contributed by atoms with Crippen LogP contribution in [0.1, 0.15) is 26.6 Å². The van der Waals surface area contributed by atoms with Gasteiger partial charge in [-0.15, -0.1) is 0 Å². The molecule has 4 heteroatoms. The molecule has 0 bridgehead atoms. The van der Waals surface area contributed by atoms with E-state index >= 15 is 0 Å². The van der Waals surface area contributed by atoms with Gasteiger partial charge in [0.1, 0.15) is 11.0 Å². The Balaban J connectivity index is 2.55. The van der Waals surface area contributed by atoms with Crippen molar-refractivity contribution in [2.45, 2.75) is 26.2 Å². The van der Waals surface area contributed by atoms with Crippen molar-refractivity contribution in [2.24, 2.45) is 0 Å². The fourth-order valence-corrected chi connectivity index (χ4v) is 1.92. The van der Waals surface area contributed by atoms with Gasteiger partial charge in [0.15, 0.2) is 0 Å². The summed E-state index contributed by atoms with van der Waals surface area (Å²) in [7, 11) is 0. The van der Waals surface area contributed by atoms with E-state index < -0.39 is 0 Å². The summed E-state index contributed by atoms with van der Waals surface area (Å²) in [4.78, 5) is 8.84. The van der Waals surface area contributed by atoms with Crippen LogP contribution in [-0.2, 0) is 5.41 Å². The van der Waals surface area contributed by atoms with Crippen molar-refractivity contribution in [3.63, 3.8) is 0 Å². The lowest BCUT2D eigenvalue weighted by molar-refractivity contribution is 0.546. The third kappa shape index (κ3) is 3.01. The van der Waals surface area contributed by atoms with Gasteiger partial charge in [0, 0.05) is 22.1 Å². The van der Waals surface area contributed by atoms with E-state index in [4.69, 9.17) is 23.2 Å². The van der Waals surface area contributed by atoms with Crippen LogP contribution in [0, 0.1) is 0 Å². The van der Waals surface area contributed by atoms with Crippen molar-refractivity contribution in [1.29, 1.82) is 0 Å². The summed E-state index contributed by atoms with van der Waals surface area (Å²) >= 11 is 12.0. The maximum absolute atomic E-state index is 6.06. The van der Waals surface area contributed by atoms with Gasteiger partial charge in [-0.05, 0) is 12.1 Å². The van der Waals surface area contributed by atoms with E-state index in [1.165, 1.54) is 0 Å². The van der Waals surface area contributed by atoms with Gasteiger partial charge in [-0.2, -0.15) is 0 Å². The summed E-state index contributed by atoms with van der Waals surface area (Å²) in [6.07, 6.45) is 0. The minimum Gasteiger partial charge on any atom is -0.232 e. The predicted octanol–water partition coefficient (Wildman–Crippen LogP) is 4.75. The summed E-state index contributed by atoms with van der Waals surface area (Å²) < 4.78 is 0. The number of hydrogen-bond acceptors (Lipinski definition) is 2. The molecule has 1 aromatic heterocycles. The zero-order valence-corrected chi connectivity index (χ0v) is 12.0. The molecule has 0 N–H and O–H groups in total. The van der Waals surface area contributed by atoms with Crippen molar-refractivity contribution >= 4 is 23.2 Å². The molecule has 0 aliphatic rings. The van der Waals surface area contributed by atoms with Crippen LogP contribution in [0.15, 0.2) is 30.3 Å². The molecule has 2 aromatic rings. The Kier molecular flexibility index (Phi) is 3.60. The first-order chi connectivity index (χ1) is 8.36. The summed E-state index contributed by atoms with van der Waals surface area (Å²) in [5.74, 6) is 0.727. The quantitative estimate of drug-likeness (QED) is 0.705. The lowest BCUT2D eigenvalue weighted by Gasteiger charge is -2.17. The summed E-state index contributed by atoms with van der Waals surface area (Å²) in [5.41, 5.74) is 1.60. The minimum absolute atomic E-state index is 0.141. The number of aromatic nitrogens is 2.